The summed E-state index contributed by atoms with van der Waals surface area (Å²) in [4.78, 5) is 9.28. The molecule has 1 aromatic carbocycles. The molecule has 1 saturated heterocycles. The first kappa shape index (κ1) is 19.4. The molecule has 6 nitrogen and oxygen atoms in total. The molecular formula is C21H31N5O. The van der Waals surface area contributed by atoms with Gasteiger partial charge in [-0.1, -0.05) is 49.3 Å². The summed E-state index contributed by atoms with van der Waals surface area (Å²) < 4.78 is 4.93. The lowest BCUT2D eigenvalue weighted by Crippen LogP contribution is -2.52. The number of guanidine groups is 1. The van der Waals surface area contributed by atoms with Crippen LogP contribution >= 0.6 is 0 Å². The highest BCUT2D eigenvalue weighted by Crippen LogP contribution is 2.23. The van der Waals surface area contributed by atoms with Crippen molar-refractivity contribution >= 4 is 5.96 Å². The van der Waals surface area contributed by atoms with E-state index in [1.54, 1.807) is 6.26 Å². The third kappa shape index (κ3) is 5.32. The zero-order valence-corrected chi connectivity index (χ0v) is 16.6. The average molecular weight is 370 g/mol. The normalized spacial score (nSPS) is 17.3. The van der Waals surface area contributed by atoms with E-state index in [4.69, 9.17) is 4.52 Å². The molecule has 0 saturated carbocycles. The maximum absolute atomic E-state index is 4.93. The molecule has 1 atom stereocenters. The van der Waals surface area contributed by atoms with E-state index in [-0.39, 0.29) is 0 Å². The van der Waals surface area contributed by atoms with Crippen LogP contribution in [0.4, 0.5) is 0 Å². The van der Waals surface area contributed by atoms with E-state index < -0.39 is 0 Å². The molecule has 1 unspecified atom stereocenters. The Bertz CT molecular complexity index is 691. The van der Waals surface area contributed by atoms with Crippen molar-refractivity contribution in [1.29, 1.82) is 0 Å². The van der Waals surface area contributed by atoms with Crippen LogP contribution in [0.5, 0.6) is 0 Å². The molecule has 0 amide bonds. The van der Waals surface area contributed by atoms with E-state index in [1.165, 1.54) is 5.56 Å². The van der Waals surface area contributed by atoms with Gasteiger partial charge in [0.25, 0.3) is 0 Å². The minimum Gasteiger partial charge on any atom is -0.364 e. The molecule has 1 aliphatic rings. The number of benzene rings is 1. The van der Waals surface area contributed by atoms with Gasteiger partial charge in [0.05, 0.1) is 5.69 Å². The fourth-order valence-electron chi connectivity index (χ4n) is 3.64. The largest absolute Gasteiger partial charge is 0.364 e. The molecule has 0 bridgehead atoms. The smallest absolute Gasteiger partial charge is 0.193 e. The number of piperazine rings is 1. The summed E-state index contributed by atoms with van der Waals surface area (Å²) in [6, 6.07) is 12.7. The lowest BCUT2D eigenvalue weighted by molar-refractivity contribution is 0.169. The summed E-state index contributed by atoms with van der Waals surface area (Å²) in [7, 11) is 1.87. The van der Waals surface area contributed by atoms with E-state index in [9.17, 15) is 0 Å². The first-order valence-corrected chi connectivity index (χ1v) is 9.79. The monoisotopic (exact) mass is 369 g/mol. The molecule has 1 aromatic heterocycles. The Balaban J connectivity index is 1.52. The van der Waals surface area contributed by atoms with Crippen LogP contribution in [0.1, 0.15) is 31.0 Å². The van der Waals surface area contributed by atoms with Gasteiger partial charge >= 0.3 is 0 Å². The van der Waals surface area contributed by atoms with Gasteiger partial charge in [0.15, 0.2) is 5.96 Å². The van der Waals surface area contributed by atoms with Crippen molar-refractivity contribution in [2.24, 2.45) is 10.9 Å². The highest BCUT2D eigenvalue weighted by Gasteiger charge is 2.22. The Labute approximate surface area is 162 Å². The van der Waals surface area contributed by atoms with Crippen LogP contribution < -0.4 is 5.32 Å². The summed E-state index contributed by atoms with van der Waals surface area (Å²) >= 11 is 0. The van der Waals surface area contributed by atoms with Crippen molar-refractivity contribution in [3.63, 3.8) is 0 Å². The predicted octanol–water partition coefficient (Wildman–Crippen LogP) is 2.81. The number of nitrogens with zero attached hydrogens (tertiary/aromatic N) is 4. The molecule has 1 fully saturated rings. The van der Waals surface area contributed by atoms with Crippen LogP contribution in [0.2, 0.25) is 0 Å². The lowest BCUT2D eigenvalue weighted by atomic mass is 9.88. The molecule has 0 radical (unpaired) electrons. The third-order valence-corrected chi connectivity index (χ3v) is 5.27. The molecule has 6 heteroatoms. The number of hydrogen-bond donors (Lipinski definition) is 1. The second-order valence-electron chi connectivity index (χ2n) is 7.44. The number of rotatable bonds is 6. The van der Waals surface area contributed by atoms with Crippen molar-refractivity contribution in [2.75, 3.05) is 39.8 Å². The van der Waals surface area contributed by atoms with Gasteiger partial charge in [-0.2, -0.15) is 0 Å². The van der Waals surface area contributed by atoms with Crippen molar-refractivity contribution in [3.8, 4) is 0 Å². The molecule has 146 valence electrons. The Morgan fingerprint density at radius 1 is 1.15 bits per heavy atom. The summed E-state index contributed by atoms with van der Waals surface area (Å²) in [5.41, 5.74) is 2.38. The molecule has 27 heavy (non-hydrogen) atoms. The van der Waals surface area contributed by atoms with Crippen LogP contribution in [0, 0.1) is 5.92 Å². The first-order chi connectivity index (χ1) is 13.2. The minimum atomic E-state index is 0.469. The minimum absolute atomic E-state index is 0.469. The quantitative estimate of drug-likeness (QED) is 0.627. The average Bonchev–Trinajstić information content (AvgIpc) is 3.20. The molecule has 1 N–H and O–H groups in total. The fourth-order valence-corrected chi connectivity index (χ4v) is 3.64. The topological polar surface area (TPSA) is 56.9 Å². The van der Waals surface area contributed by atoms with Crippen LogP contribution in [0.15, 0.2) is 52.2 Å². The van der Waals surface area contributed by atoms with Crippen LogP contribution in [-0.4, -0.2) is 60.7 Å². The number of aromatic nitrogens is 1. The van der Waals surface area contributed by atoms with Gasteiger partial charge in [-0.15, -0.1) is 0 Å². The molecule has 2 heterocycles. The fraction of sp³-hybridized carbons (Fsp3) is 0.524. The van der Waals surface area contributed by atoms with E-state index in [0.29, 0.717) is 11.8 Å². The third-order valence-electron chi connectivity index (χ3n) is 5.27. The van der Waals surface area contributed by atoms with Crippen molar-refractivity contribution in [2.45, 2.75) is 26.3 Å². The Morgan fingerprint density at radius 3 is 2.48 bits per heavy atom. The lowest BCUT2D eigenvalue weighted by Gasteiger charge is -2.36. The molecule has 0 aliphatic carbocycles. The van der Waals surface area contributed by atoms with Crippen molar-refractivity contribution in [1.82, 2.24) is 20.3 Å². The number of hydrogen-bond acceptors (Lipinski definition) is 4. The number of aliphatic imine (C=N–C) groups is 1. The van der Waals surface area contributed by atoms with Gasteiger partial charge in [-0.3, -0.25) is 9.89 Å². The zero-order valence-electron chi connectivity index (χ0n) is 16.6. The van der Waals surface area contributed by atoms with Gasteiger partial charge in [-0.25, -0.2) is 0 Å². The summed E-state index contributed by atoms with van der Waals surface area (Å²) in [5.74, 6) is 2.03. The molecule has 0 spiro atoms. The first-order valence-electron chi connectivity index (χ1n) is 9.79. The molecule has 1 aliphatic heterocycles. The SMILES string of the molecule is CN=C(NCC(c1ccccc1)C(C)C)N1CCN(Cc2ccon2)CC1. The second-order valence-corrected chi connectivity index (χ2v) is 7.44. The van der Waals surface area contributed by atoms with Crippen LogP contribution in [-0.2, 0) is 6.54 Å². The van der Waals surface area contributed by atoms with E-state index >= 15 is 0 Å². The molecular weight excluding hydrogens is 338 g/mol. The highest BCUT2D eigenvalue weighted by atomic mass is 16.5. The summed E-state index contributed by atoms with van der Waals surface area (Å²) in [6.45, 7) is 10.2. The van der Waals surface area contributed by atoms with E-state index in [2.05, 4.69) is 69.4 Å². The predicted molar refractivity (Wildman–Crippen MR) is 109 cm³/mol. The Hall–Kier alpha value is -2.34. The zero-order chi connectivity index (χ0) is 19.1. The van der Waals surface area contributed by atoms with Gasteiger partial charge < -0.3 is 14.7 Å². The van der Waals surface area contributed by atoms with E-state index in [0.717, 1.165) is 50.9 Å². The standard InChI is InChI=1S/C21H31N5O/c1-17(2)20(18-7-5-4-6-8-18)15-23-21(22-3)26-12-10-25(11-13-26)16-19-9-14-27-24-19/h4-9,14,17,20H,10-13,15-16H2,1-3H3,(H,22,23). The Morgan fingerprint density at radius 2 is 1.89 bits per heavy atom. The van der Waals surface area contributed by atoms with Gasteiger partial charge in [-0.05, 0) is 11.5 Å². The van der Waals surface area contributed by atoms with Crippen LogP contribution in [0.25, 0.3) is 0 Å². The van der Waals surface area contributed by atoms with Crippen molar-refractivity contribution in [3.05, 3.63) is 53.9 Å². The molecule has 2 aromatic rings. The highest BCUT2D eigenvalue weighted by molar-refractivity contribution is 5.80. The van der Waals surface area contributed by atoms with Gasteiger partial charge in [0.1, 0.15) is 6.26 Å². The van der Waals surface area contributed by atoms with Gasteiger partial charge in [0, 0.05) is 58.3 Å². The molecule has 3 rings (SSSR count). The Kier molecular flexibility index (Phi) is 6.87. The number of nitrogens with one attached hydrogen (secondary N) is 1. The summed E-state index contributed by atoms with van der Waals surface area (Å²) in [5, 5.41) is 7.62. The van der Waals surface area contributed by atoms with E-state index in [1.807, 2.05) is 13.1 Å². The van der Waals surface area contributed by atoms with Gasteiger partial charge in [0.2, 0.25) is 0 Å². The van der Waals surface area contributed by atoms with Crippen LogP contribution in [0.3, 0.4) is 0 Å². The maximum atomic E-state index is 4.93. The van der Waals surface area contributed by atoms with Crippen molar-refractivity contribution < 1.29 is 4.52 Å². The summed E-state index contributed by atoms with van der Waals surface area (Å²) in [6.07, 6.45) is 1.63. The maximum Gasteiger partial charge on any atom is 0.193 e. The second kappa shape index (κ2) is 9.55.